The maximum atomic E-state index is 9.69. The van der Waals surface area contributed by atoms with Crippen LogP contribution in [0.15, 0.2) is 36.5 Å². The van der Waals surface area contributed by atoms with Crippen molar-refractivity contribution >= 4 is 0 Å². The fourth-order valence-corrected chi connectivity index (χ4v) is 1.82. The summed E-state index contributed by atoms with van der Waals surface area (Å²) in [5.41, 5.74) is 3.00. The van der Waals surface area contributed by atoms with Crippen molar-refractivity contribution < 1.29 is 9.84 Å². The van der Waals surface area contributed by atoms with Gasteiger partial charge in [0.25, 0.3) is 0 Å². The van der Waals surface area contributed by atoms with E-state index in [1.54, 1.807) is 12.3 Å². The topological polar surface area (TPSA) is 42.4 Å². The Balaban J connectivity index is 2.18. The molecule has 2 aromatic rings. The number of hydrogen-bond donors (Lipinski definition) is 1. The first kappa shape index (κ1) is 13.6. The number of aliphatic hydroxyl groups excluding tert-OH is 1. The van der Waals surface area contributed by atoms with Crippen LogP contribution in [0.4, 0.5) is 0 Å². The van der Waals surface area contributed by atoms with Gasteiger partial charge >= 0.3 is 0 Å². The van der Waals surface area contributed by atoms with Gasteiger partial charge in [-0.1, -0.05) is 19.1 Å². The lowest BCUT2D eigenvalue weighted by Crippen LogP contribution is -1.98. The van der Waals surface area contributed by atoms with Crippen molar-refractivity contribution in [3.63, 3.8) is 0 Å². The summed E-state index contributed by atoms with van der Waals surface area (Å²) < 4.78 is 5.81. The summed E-state index contributed by atoms with van der Waals surface area (Å²) in [7, 11) is 0. The van der Waals surface area contributed by atoms with Gasteiger partial charge in [-0.25, -0.2) is 0 Å². The SMILES string of the molecule is CCC(O)c1ccc(Oc2cccc(C)c2C)cn1. The highest BCUT2D eigenvalue weighted by atomic mass is 16.5. The summed E-state index contributed by atoms with van der Waals surface area (Å²) in [5, 5.41) is 9.69. The van der Waals surface area contributed by atoms with Crippen molar-refractivity contribution in [2.45, 2.75) is 33.3 Å². The van der Waals surface area contributed by atoms with E-state index < -0.39 is 6.10 Å². The molecule has 0 spiro atoms. The van der Waals surface area contributed by atoms with E-state index >= 15 is 0 Å². The zero-order valence-electron chi connectivity index (χ0n) is 11.6. The Bertz CT molecular complexity index is 549. The standard InChI is InChI=1S/C16H19NO2/c1-4-15(18)14-9-8-13(10-17-14)19-16-7-5-6-11(2)12(16)3/h5-10,15,18H,4H2,1-3H3. The van der Waals surface area contributed by atoms with Crippen LogP contribution in [-0.4, -0.2) is 10.1 Å². The highest BCUT2D eigenvalue weighted by Crippen LogP contribution is 2.27. The van der Waals surface area contributed by atoms with E-state index in [0.717, 1.165) is 11.3 Å². The molecule has 0 fully saturated rings. The summed E-state index contributed by atoms with van der Waals surface area (Å²) in [6, 6.07) is 9.61. The molecule has 0 aliphatic carbocycles. The van der Waals surface area contributed by atoms with Crippen LogP contribution in [0.2, 0.25) is 0 Å². The Labute approximate surface area is 113 Å². The molecule has 1 aromatic heterocycles. The second kappa shape index (κ2) is 5.85. The van der Waals surface area contributed by atoms with Gasteiger partial charge in [0, 0.05) is 0 Å². The van der Waals surface area contributed by atoms with Crippen LogP contribution in [0.25, 0.3) is 0 Å². The summed E-state index contributed by atoms with van der Waals surface area (Å²) >= 11 is 0. The van der Waals surface area contributed by atoms with E-state index in [9.17, 15) is 5.11 Å². The number of nitrogens with zero attached hydrogens (tertiary/aromatic N) is 1. The fraction of sp³-hybridized carbons (Fsp3) is 0.312. The van der Waals surface area contributed by atoms with E-state index in [-0.39, 0.29) is 0 Å². The van der Waals surface area contributed by atoms with Gasteiger partial charge in [0.05, 0.1) is 18.0 Å². The van der Waals surface area contributed by atoms with Gasteiger partial charge in [0.2, 0.25) is 0 Å². The number of pyridine rings is 1. The molecule has 3 heteroatoms. The smallest absolute Gasteiger partial charge is 0.145 e. The van der Waals surface area contributed by atoms with Gasteiger partial charge in [-0.15, -0.1) is 0 Å². The normalized spacial score (nSPS) is 12.2. The molecular formula is C16H19NO2. The first-order chi connectivity index (χ1) is 9.11. The second-order valence-corrected chi connectivity index (χ2v) is 4.64. The monoisotopic (exact) mass is 257 g/mol. The van der Waals surface area contributed by atoms with Crippen molar-refractivity contribution in [2.24, 2.45) is 0 Å². The second-order valence-electron chi connectivity index (χ2n) is 4.64. The van der Waals surface area contributed by atoms with Crippen molar-refractivity contribution in [1.82, 2.24) is 4.98 Å². The van der Waals surface area contributed by atoms with Crippen LogP contribution < -0.4 is 4.74 Å². The quantitative estimate of drug-likeness (QED) is 0.902. The van der Waals surface area contributed by atoms with Crippen molar-refractivity contribution in [3.05, 3.63) is 53.3 Å². The molecule has 0 amide bonds. The van der Waals surface area contributed by atoms with Crippen LogP contribution in [0.3, 0.4) is 0 Å². The number of aryl methyl sites for hydroxylation is 1. The van der Waals surface area contributed by atoms with Gasteiger partial charge in [-0.05, 0) is 49.6 Å². The molecule has 1 unspecified atom stereocenters. The molecule has 0 radical (unpaired) electrons. The molecule has 0 aliphatic heterocycles. The summed E-state index contributed by atoms with van der Waals surface area (Å²) in [6.45, 7) is 6.02. The number of rotatable bonds is 4. The van der Waals surface area contributed by atoms with E-state index in [1.807, 2.05) is 32.0 Å². The van der Waals surface area contributed by atoms with Crippen molar-refractivity contribution in [1.29, 1.82) is 0 Å². The van der Waals surface area contributed by atoms with Crippen molar-refractivity contribution in [3.8, 4) is 11.5 Å². The predicted octanol–water partition coefficient (Wildman–Crippen LogP) is 3.93. The Morgan fingerprint density at radius 3 is 2.63 bits per heavy atom. The molecule has 0 saturated heterocycles. The number of aliphatic hydroxyl groups is 1. The zero-order chi connectivity index (χ0) is 13.8. The molecule has 1 atom stereocenters. The lowest BCUT2D eigenvalue weighted by atomic mass is 10.1. The predicted molar refractivity (Wildman–Crippen MR) is 75.5 cm³/mol. The van der Waals surface area contributed by atoms with Gasteiger partial charge in [0.1, 0.15) is 11.5 Å². The molecule has 19 heavy (non-hydrogen) atoms. The summed E-state index contributed by atoms with van der Waals surface area (Å²) in [4.78, 5) is 4.22. The van der Waals surface area contributed by atoms with E-state index in [1.165, 1.54) is 5.56 Å². The van der Waals surface area contributed by atoms with Crippen LogP contribution in [-0.2, 0) is 0 Å². The number of benzene rings is 1. The Hall–Kier alpha value is -1.87. The third kappa shape index (κ3) is 3.12. The maximum Gasteiger partial charge on any atom is 0.145 e. The molecule has 1 N–H and O–H groups in total. The highest BCUT2D eigenvalue weighted by Gasteiger charge is 2.07. The molecular weight excluding hydrogens is 238 g/mol. The van der Waals surface area contributed by atoms with Crippen LogP contribution >= 0.6 is 0 Å². The van der Waals surface area contributed by atoms with E-state index in [2.05, 4.69) is 18.0 Å². The van der Waals surface area contributed by atoms with Gasteiger partial charge < -0.3 is 9.84 Å². The zero-order valence-corrected chi connectivity index (χ0v) is 11.6. The van der Waals surface area contributed by atoms with Crippen LogP contribution in [0.1, 0.15) is 36.3 Å². The minimum absolute atomic E-state index is 0.505. The van der Waals surface area contributed by atoms with Gasteiger partial charge in [0.15, 0.2) is 0 Å². The first-order valence-electron chi connectivity index (χ1n) is 6.50. The number of ether oxygens (including phenoxy) is 1. The molecule has 1 aromatic carbocycles. The van der Waals surface area contributed by atoms with Gasteiger partial charge in [-0.3, -0.25) is 4.98 Å². The molecule has 3 nitrogen and oxygen atoms in total. The number of aromatic nitrogens is 1. The molecule has 0 saturated carbocycles. The Morgan fingerprint density at radius 1 is 1.21 bits per heavy atom. The lowest BCUT2D eigenvalue weighted by molar-refractivity contribution is 0.169. The average molecular weight is 257 g/mol. The molecule has 0 bridgehead atoms. The summed E-state index contributed by atoms with van der Waals surface area (Å²) in [5.74, 6) is 1.52. The summed E-state index contributed by atoms with van der Waals surface area (Å²) in [6.07, 6.45) is 1.80. The van der Waals surface area contributed by atoms with E-state index in [0.29, 0.717) is 17.9 Å². The number of hydrogen-bond acceptors (Lipinski definition) is 3. The van der Waals surface area contributed by atoms with Gasteiger partial charge in [-0.2, -0.15) is 0 Å². The first-order valence-corrected chi connectivity index (χ1v) is 6.50. The third-order valence-corrected chi connectivity index (χ3v) is 3.27. The van der Waals surface area contributed by atoms with E-state index in [4.69, 9.17) is 4.74 Å². The minimum atomic E-state index is -0.505. The van der Waals surface area contributed by atoms with Crippen LogP contribution in [0, 0.1) is 13.8 Å². The lowest BCUT2D eigenvalue weighted by Gasteiger charge is -2.11. The molecule has 100 valence electrons. The fourth-order valence-electron chi connectivity index (χ4n) is 1.82. The largest absolute Gasteiger partial charge is 0.455 e. The molecule has 2 rings (SSSR count). The maximum absolute atomic E-state index is 9.69. The third-order valence-electron chi connectivity index (χ3n) is 3.27. The molecule has 0 aliphatic rings. The van der Waals surface area contributed by atoms with Crippen LogP contribution in [0.5, 0.6) is 11.5 Å². The Kier molecular flexibility index (Phi) is 4.17. The van der Waals surface area contributed by atoms with Crippen molar-refractivity contribution in [2.75, 3.05) is 0 Å². The highest BCUT2D eigenvalue weighted by molar-refractivity contribution is 5.41. The average Bonchev–Trinajstić information content (AvgIpc) is 2.44. The Morgan fingerprint density at radius 2 is 2.00 bits per heavy atom. The minimum Gasteiger partial charge on any atom is -0.455 e. The molecule has 1 heterocycles.